The maximum Gasteiger partial charge on any atom is 0.146 e. The van der Waals surface area contributed by atoms with E-state index >= 15 is 0 Å². The van der Waals surface area contributed by atoms with Crippen molar-refractivity contribution in [1.82, 2.24) is 5.32 Å². The molecule has 2 rings (SSSR count). The van der Waals surface area contributed by atoms with Crippen molar-refractivity contribution in [2.75, 3.05) is 6.54 Å². The van der Waals surface area contributed by atoms with Crippen molar-refractivity contribution >= 4 is 17.4 Å². The molecule has 2 N–H and O–H groups in total. The number of phenolic OH excluding ortho intramolecular Hbond substituents is 1. The lowest BCUT2D eigenvalue weighted by Crippen LogP contribution is -2.41. The number of hydrogen-bond acceptors (Lipinski definition) is 3. The highest BCUT2D eigenvalue weighted by molar-refractivity contribution is 6.32. The van der Waals surface area contributed by atoms with Crippen LogP contribution in [-0.2, 0) is 4.79 Å². The van der Waals surface area contributed by atoms with Crippen LogP contribution in [0.3, 0.4) is 0 Å². The third-order valence-corrected chi connectivity index (χ3v) is 4.15. The largest absolute Gasteiger partial charge is 0.508 e. The molecule has 1 aromatic rings. The number of halogens is 1. The summed E-state index contributed by atoms with van der Waals surface area (Å²) in [5.74, 6) is 0.523. The number of benzene rings is 1. The standard InChI is InChI=1S/C14H18ClNO2/c1-8-3-4-12(18)13(14(8)15)10-5-6-16-11(7-10)9(2)17/h3-4,10-11,16,18H,5-7H2,1-2H3/t10-,11+/m0/s1. The molecule has 1 fully saturated rings. The highest BCUT2D eigenvalue weighted by Gasteiger charge is 2.28. The molecule has 98 valence electrons. The molecule has 1 aliphatic rings. The molecule has 4 heteroatoms. The molecule has 0 saturated carbocycles. The molecular weight excluding hydrogens is 250 g/mol. The number of aryl methyl sites for hydroxylation is 1. The zero-order chi connectivity index (χ0) is 13.3. The van der Waals surface area contributed by atoms with Gasteiger partial charge in [-0.25, -0.2) is 0 Å². The average molecular weight is 268 g/mol. The van der Waals surface area contributed by atoms with Crippen LogP contribution in [0.4, 0.5) is 0 Å². The Bertz CT molecular complexity index is 473. The van der Waals surface area contributed by atoms with Crippen LogP contribution in [0.5, 0.6) is 5.75 Å². The lowest BCUT2D eigenvalue weighted by Gasteiger charge is -2.30. The van der Waals surface area contributed by atoms with Gasteiger partial charge in [0.15, 0.2) is 0 Å². The molecule has 1 saturated heterocycles. The van der Waals surface area contributed by atoms with Gasteiger partial charge < -0.3 is 10.4 Å². The van der Waals surface area contributed by atoms with Gasteiger partial charge in [0, 0.05) is 5.56 Å². The molecule has 1 aromatic carbocycles. The second-order valence-corrected chi connectivity index (χ2v) is 5.35. The number of rotatable bonds is 2. The lowest BCUT2D eigenvalue weighted by atomic mass is 9.84. The first-order valence-electron chi connectivity index (χ1n) is 6.22. The normalized spacial score (nSPS) is 23.9. The Morgan fingerprint density at radius 2 is 2.22 bits per heavy atom. The first-order chi connectivity index (χ1) is 8.50. The second-order valence-electron chi connectivity index (χ2n) is 4.97. The van der Waals surface area contributed by atoms with Crippen LogP contribution in [0, 0.1) is 6.92 Å². The minimum Gasteiger partial charge on any atom is -0.508 e. The van der Waals surface area contributed by atoms with Crippen molar-refractivity contribution in [3.05, 3.63) is 28.3 Å². The number of carbonyl (C=O) groups excluding carboxylic acids is 1. The number of nitrogens with one attached hydrogen (secondary N) is 1. The van der Waals surface area contributed by atoms with Crippen molar-refractivity contribution in [3.63, 3.8) is 0 Å². The van der Waals surface area contributed by atoms with Gasteiger partial charge in [-0.05, 0) is 50.8 Å². The predicted molar refractivity (Wildman–Crippen MR) is 72.3 cm³/mol. The average Bonchev–Trinajstić information content (AvgIpc) is 2.35. The smallest absolute Gasteiger partial charge is 0.146 e. The molecule has 2 atom stereocenters. The number of ketones is 1. The van der Waals surface area contributed by atoms with E-state index in [0.717, 1.165) is 24.1 Å². The van der Waals surface area contributed by atoms with Crippen LogP contribution in [0.25, 0.3) is 0 Å². The summed E-state index contributed by atoms with van der Waals surface area (Å²) in [5, 5.41) is 13.8. The van der Waals surface area contributed by atoms with E-state index in [1.54, 1.807) is 13.0 Å². The van der Waals surface area contributed by atoms with Crippen molar-refractivity contribution in [1.29, 1.82) is 0 Å². The van der Waals surface area contributed by atoms with Crippen molar-refractivity contribution < 1.29 is 9.90 Å². The van der Waals surface area contributed by atoms with Crippen LogP contribution in [-0.4, -0.2) is 23.5 Å². The zero-order valence-electron chi connectivity index (χ0n) is 10.7. The van der Waals surface area contributed by atoms with Crippen molar-refractivity contribution in [3.8, 4) is 5.75 Å². The molecule has 0 radical (unpaired) electrons. The van der Waals surface area contributed by atoms with Gasteiger partial charge in [0.2, 0.25) is 0 Å². The maximum atomic E-state index is 11.5. The van der Waals surface area contributed by atoms with E-state index in [-0.39, 0.29) is 23.5 Å². The summed E-state index contributed by atoms with van der Waals surface area (Å²) >= 11 is 6.29. The zero-order valence-corrected chi connectivity index (χ0v) is 11.4. The van der Waals surface area contributed by atoms with E-state index in [1.165, 1.54) is 0 Å². The summed E-state index contributed by atoms with van der Waals surface area (Å²) in [5.41, 5.74) is 1.76. The van der Waals surface area contributed by atoms with Gasteiger partial charge in [-0.2, -0.15) is 0 Å². The van der Waals surface area contributed by atoms with Crippen LogP contribution in [0.2, 0.25) is 5.02 Å². The van der Waals surface area contributed by atoms with E-state index in [9.17, 15) is 9.90 Å². The summed E-state index contributed by atoms with van der Waals surface area (Å²) in [4.78, 5) is 11.5. The van der Waals surface area contributed by atoms with E-state index in [1.807, 2.05) is 13.0 Å². The molecule has 0 aliphatic carbocycles. The number of aromatic hydroxyl groups is 1. The number of piperidine rings is 1. The Labute approximate surface area is 112 Å². The van der Waals surface area contributed by atoms with Crippen LogP contribution in [0.15, 0.2) is 12.1 Å². The van der Waals surface area contributed by atoms with Gasteiger partial charge in [-0.15, -0.1) is 0 Å². The number of phenols is 1. The fourth-order valence-electron chi connectivity index (χ4n) is 2.57. The van der Waals surface area contributed by atoms with E-state index in [4.69, 9.17) is 11.6 Å². The van der Waals surface area contributed by atoms with E-state index in [2.05, 4.69) is 5.32 Å². The van der Waals surface area contributed by atoms with Crippen LogP contribution >= 0.6 is 11.6 Å². The number of Topliss-reactive ketones (excluding diaryl/α,β-unsaturated/α-hetero) is 1. The molecule has 18 heavy (non-hydrogen) atoms. The third kappa shape index (κ3) is 2.52. The molecule has 0 spiro atoms. The summed E-state index contributed by atoms with van der Waals surface area (Å²) in [7, 11) is 0. The predicted octanol–water partition coefficient (Wildman–Crippen LogP) is 2.78. The third-order valence-electron chi connectivity index (χ3n) is 3.65. The fourth-order valence-corrected chi connectivity index (χ4v) is 2.88. The summed E-state index contributed by atoms with van der Waals surface area (Å²) in [6.45, 7) is 4.30. The summed E-state index contributed by atoms with van der Waals surface area (Å²) in [6, 6.07) is 3.37. The first-order valence-corrected chi connectivity index (χ1v) is 6.60. The number of hydrogen-bond donors (Lipinski definition) is 2. The highest BCUT2D eigenvalue weighted by atomic mass is 35.5. The topological polar surface area (TPSA) is 49.3 Å². The minimum absolute atomic E-state index is 0.125. The summed E-state index contributed by atoms with van der Waals surface area (Å²) < 4.78 is 0. The Morgan fingerprint density at radius 3 is 2.89 bits per heavy atom. The molecule has 1 aliphatic heterocycles. The van der Waals surface area contributed by atoms with E-state index < -0.39 is 0 Å². The van der Waals surface area contributed by atoms with E-state index in [0.29, 0.717) is 11.4 Å². The molecule has 0 bridgehead atoms. The lowest BCUT2D eigenvalue weighted by molar-refractivity contribution is -0.119. The van der Waals surface area contributed by atoms with Gasteiger partial charge in [-0.3, -0.25) is 4.79 Å². The molecule has 1 heterocycles. The fraction of sp³-hybridized carbons (Fsp3) is 0.500. The Morgan fingerprint density at radius 1 is 1.50 bits per heavy atom. The molecule has 0 amide bonds. The molecular formula is C14H18ClNO2. The van der Waals surface area contributed by atoms with Crippen molar-refractivity contribution in [2.24, 2.45) is 0 Å². The number of carbonyl (C=O) groups is 1. The SMILES string of the molecule is CC(=O)[C@H]1C[C@@H](c2c(O)ccc(C)c2Cl)CCN1. The first kappa shape index (κ1) is 13.4. The van der Waals surface area contributed by atoms with Crippen LogP contribution in [0.1, 0.15) is 36.8 Å². The van der Waals surface area contributed by atoms with Gasteiger partial charge in [0.25, 0.3) is 0 Å². The Hall–Kier alpha value is -1.06. The molecule has 3 nitrogen and oxygen atoms in total. The van der Waals surface area contributed by atoms with Gasteiger partial charge in [0.05, 0.1) is 11.1 Å². The summed E-state index contributed by atoms with van der Waals surface area (Å²) in [6.07, 6.45) is 1.59. The minimum atomic E-state index is -0.125. The van der Waals surface area contributed by atoms with Gasteiger partial charge >= 0.3 is 0 Å². The quantitative estimate of drug-likeness (QED) is 0.866. The van der Waals surface area contributed by atoms with Crippen molar-refractivity contribution in [2.45, 2.75) is 38.6 Å². The molecule has 0 aromatic heterocycles. The van der Waals surface area contributed by atoms with Crippen LogP contribution < -0.4 is 5.32 Å². The highest BCUT2D eigenvalue weighted by Crippen LogP contribution is 2.39. The van der Waals surface area contributed by atoms with Gasteiger partial charge in [0.1, 0.15) is 11.5 Å². The van der Waals surface area contributed by atoms with Gasteiger partial charge in [-0.1, -0.05) is 17.7 Å². The monoisotopic (exact) mass is 267 g/mol. The molecule has 0 unspecified atom stereocenters. The Balaban J connectivity index is 2.31. The maximum absolute atomic E-state index is 11.5. The Kier molecular flexibility index (Phi) is 3.93. The second kappa shape index (κ2) is 5.29.